The standard InChI is InChI=1S/C31H26ClN3O3S/c1-21-6-5-7-22(18-21)19-28(35-30(37)23-8-3-2-4-9-23)31(38)34-26-14-16-27(17-15-26)39-20-29(36)33-25-12-10-24(32)11-13-25/h2-19H,20H2,1H3,(H,33,36)(H,34,38)(H,35,37)/b28-19-. The van der Waals surface area contributed by atoms with Crippen LogP contribution in [0.2, 0.25) is 5.02 Å². The van der Waals surface area contributed by atoms with Crippen molar-refractivity contribution in [1.29, 1.82) is 0 Å². The van der Waals surface area contributed by atoms with Crippen molar-refractivity contribution in [3.8, 4) is 0 Å². The second-order valence-corrected chi connectivity index (χ2v) is 10.1. The van der Waals surface area contributed by atoms with Crippen LogP contribution >= 0.6 is 23.4 Å². The molecule has 0 aliphatic rings. The molecule has 0 aliphatic carbocycles. The third-order valence-corrected chi connectivity index (χ3v) is 6.76. The second kappa shape index (κ2) is 13.5. The Morgan fingerprint density at radius 3 is 2.15 bits per heavy atom. The maximum Gasteiger partial charge on any atom is 0.272 e. The van der Waals surface area contributed by atoms with E-state index in [1.165, 1.54) is 11.8 Å². The van der Waals surface area contributed by atoms with E-state index in [9.17, 15) is 14.4 Å². The molecule has 0 unspecified atom stereocenters. The average molecular weight is 556 g/mol. The Hall–Kier alpha value is -4.33. The largest absolute Gasteiger partial charge is 0.325 e. The summed E-state index contributed by atoms with van der Waals surface area (Å²) >= 11 is 7.25. The van der Waals surface area contributed by atoms with Crippen molar-refractivity contribution >= 4 is 58.5 Å². The second-order valence-electron chi connectivity index (χ2n) is 8.61. The van der Waals surface area contributed by atoms with E-state index in [1.807, 2.05) is 49.4 Å². The molecule has 0 saturated carbocycles. The van der Waals surface area contributed by atoms with Gasteiger partial charge in [-0.1, -0.05) is 59.6 Å². The van der Waals surface area contributed by atoms with Gasteiger partial charge in [0.25, 0.3) is 11.8 Å². The van der Waals surface area contributed by atoms with Crippen LogP contribution in [0.5, 0.6) is 0 Å². The van der Waals surface area contributed by atoms with Gasteiger partial charge in [-0.25, -0.2) is 0 Å². The number of halogens is 1. The Bertz CT molecular complexity index is 1490. The highest BCUT2D eigenvalue weighted by Gasteiger charge is 2.15. The smallest absolute Gasteiger partial charge is 0.272 e. The number of thioether (sulfide) groups is 1. The van der Waals surface area contributed by atoms with Crippen molar-refractivity contribution in [1.82, 2.24) is 5.32 Å². The van der Waals surface area contributed by atoms with Gasteiger partial charge >= 0.3 is 0 Å². The summed E-state index contributed by atoms with van der Waals surface area (Å²) in [6.07, 6.45) is 1.65. The van der Waals surface area contributed by atoms with Crippen LogP contribution in [-0.4, -0.2) is 23.5 Å². The first-order valence-electron chi connectivity index (χ1n) is 12.1. The van der Waals surface area contributed by atoms with Gasteiger partial charge in [0.2, 0.25) is 5.91 Å². The van der Waals surface area contributed by atoms with Crippen LogP contribution in [0.15, 0.2) is 114 Å². The number of anilines is 2. The van der Waals surface area contributed by atoms with Gasteiger partial charge in [0, 0.05) is 26.9 Å². The minimum Gasteiger partial charge on any atom is -0.325 e. The molecule has 4 aromatic carbocycles. The summed E-state index contributed by atoms with van der Waals surface area (Å²) in [6.45, 7) is 1.96. The highest BCUT2D eigenvalue weighted by Crippen LogP contribution is 2.22. The summed E-state index contributed by atoms with van der Waals surface area (Å²) in [6, 6.07) is 30.4. The van der Waals surface area contributed by atoms with Crippen molar-refractivity contribution in [2.45, 2.75) is 11.8 Å². The van der Waals surface area contributed by atoms with Gasteiger partial charge < -0.3 is 16.0 Å². The Morgan fingerprint density at radius 1 is 0.795 bits per heavy atom. The molecule has 0 fully saturated rings. The topological polar surface area (TPSA) is 87.3 Å². The molecule has 3 amide bonds. The Morgan fingerprint density at radius 2 is 1.46 bits per heavy atom. The monoisotopic (exact) mass is 555 g/mol. The summed E-state index contributed by atoms with van der Waals surface area (Å²) < 4.78 is 0. The number of benzene rings is 4. The molecule has 8 heteroatoms. The number of nitrogens with one attached hydrogen (secondary N) is 3. The van der Waals surface area contributed by atoms with E-state index in [0.717, 1.165) is 16.0 Å². The first-order chi connectivity index (χ1) is 18.9. The summed E-state index contributed by atoms with van der Waals surface area (Å²) in [5.74, 6) is -0.750. The van der Waals surface area contributed by atoms with Crippen molar-refractivity contribution in [3.05, 3.63) is 131 Å². The van der Waals surface area contributed by atoms with E-state index < -0.39 is 5.91 Å². The van der Waals surface area contributed by atoms with Crippen LogP contribution in [0.25, 0.3) is 6.08 Å². The van der Waals surface area contributed by atoms with E-state index in [1.54, 1.807) is 66.7 Å². The molecule has 0 aromatic heterocycles. The van der Waals surface area contributed by atoms with E-state index in [0.29, 0.717) is 22.0 Å². The van der Waals surface area contributed by atoms with Gasteiger partial charge in [-0.15, -0.1) is 11.8 Å². The van der Waals surface area contributed by atoms with Crippen molar-refractivity contribution in [2.75, 3.05) is 16.4 Å². The van der Waals surface area contributed by atoms with Crippen LogP contribution in [0, 0.1) is 6.92 Å². The lowest BCUT2D eigenvalue weighted by Gasteiger charge is -2.12. The molecule has 4 rings (SSSR count). The van der Waals surface area contributed by atoms with E-state index in [-0.39, 0.29) is 23.3 Å². The van der Waals surface area contributed by atoms with Crippen LogP contribution in [0.1, 0.15) is 21.5 Å². The number of hydrogen-bond donors (Lipinski definition) is 3. The molecule has 0 saturated heterocycles. The molecule has 0 atom stereocenters. The molecule has 39 heavy (non-hydrogen) atoms. The molecule has 6 nitrogen and oxygen atoms in total. The van der Waals surface area contributed by atoms with Gasteiger partial charge in [0.15, 0.2) is 0 Å². The summed E-state index contributed by atoms with van der Waals surface area (Å²) in [5, 5.41) is 9.01. The molecule has 0 aliphatic heterocycles. The Balaban J connectivity index is 1.40. The molecular weight excluding hydrogens is 530 g/mol. The molecule has 0 spiro atoms. The third kappa shape index (κ3) is 8.60. The van der Waals surface area contributed by atoms with Gasteiger partial charge in [-0.05, 0) is 79.2 Å². The molecule has 196 valence electrons. The summed E-state index contributed by atoms with van der Waals surface area (Å²) in [5.41, 5.74) is 3.62. The molecule has 4 aromatic rings. The summed E-state index contributed by atoms with van der Waals surface area (Å²) in [4.78, 5) is 39.1. The third-order valence-electron chi connectivity index (χ3n) is 5.49. The number of carbonyl (C=O) groups excluding carboxylic acids is 3. The predicted molar refractivity (Wildman–Crippen MR) is 159 cm³/mol. The van der Waals surface area contributed by atoms with Gasteiger partial charge in [-0.2, -0.15) is 0 Å². The maximum absolute atomic E-state index is 13.2. The van der Waals surface area contributed by atoms with Gasteiger partial charge in [-0.3, -0.25) is 14.4 Å². The number of carbonyl (C=O) groups is 3. The first kappa shape index (κ1) is 27.7. The maximum atomic E-state index is 13.2. The van der Waals surface area contributed by atoms with Crippen LogP contribution in [0.3, 0.4) is 0 Å². The molecule has 0 bridgehead atoms. The first-order valence-corrected chi connectivity index (χ1v) is 13.5. The van der Waals surface area contributed by atoms with Crippen LogP contribution in [-0.2, 0) is 9.59 Å². The number of hydrogen-bond acceptors (Lipinski definition) is 4. The fourth-order valence-electron chi connectivity index (χ4n) is 3.58. The minimum absolute atomic E-state index is 0.117. The molecule has 0 radical (unpaired) electrons. The lowest BCUT2D eigenvalue weighted by Crippen LogP contribution is -2.30. The Labute approximate surface area is 236 Å². The quantitative estimate of drug-likeness (QED) is 0.157. The van der Waals surface area contributed by atoms with Gasteiger partial charge in [0.05, 0.1) is 5.75 Å². The fourth-order valence-corrected chi connectivity index (χ4v) is 4.41. The number of aryl methyl sites for hydroxylation is 1. The van der Waals surface area contributed by atoms with Crippen LogP contribution < -0.4 is 16.0 Å². The predicted octanol–water partition coefficient (Wildman–Crippen LogP) is 6.79. The number of rotatable bonds is 9. The zero-order chi connectivity index (χ0) is 27.6. The van der Waals surface area contributed by atoms with E-state index in [4.69, 9.17) is 11.6 Å². The lowest BCUT2D eigenvalue weighted by molar-refractivity contribution is -0.114. The minimum atomic E-state index is -0.455. The molecule has 0 heterocycles. The average Bonchev–Trinajstić information content (AvgIpc) is 2.94. The van der Waals surface area contributed by atoms with Crippen molar-refractivity contribution < 1.29 is 14.4 Å². The normalized spacial score (nSPS) is 11.0. The highest BCUT2D eigenvalue weighted by molar-refractivity contribution is 8.00. The summed E-state index contributed by atoms with van der Waals surface area (Å²) in [7, 11) is 0. The number of amides is 3. The van der Waals surface area contributed by atoms with E-state index in [2.05, 4.69) is 16.0 Å². The Kier molecular flexibility index (Phi) is 9.56. The van der Waals surface area contributed by atoms with Gasteiger partial charge in [0.1, 0.15) is 5.70 Å². The SMILES string of the molecule is Cc1cccc(/C=C(\NC(=O)c2ccccc2)C(=O)Nc2ccc(SCC(=O)Nc3ccc(Cl)cc3)cc2)c1. The lowest BCUT2D eigenvalue weighted by atomic mass is 10.1. The van der Waals surface area contributed by atoms with Crippen molar-refractivity contribution in [3.63, 3.8) is 0 Å². The van der Waals surface area contributed by atoms with E-state index >= 15 is 0 Å². The van der Waals surface area contributed by atoms with Crippen LogP contribution in [0.4, 0.5) is 11.4 Å². The molecule has 3 N–H and O–H groups in total. The zero-order valence-corrected chi connectivity index (χ0v) is 22.7. The fraction of sp³-hybridized carbons (Fsp3) is 0.0645. The highest BCUT2D eigenvalue weighted by atomic mass is 35.5. The molecular formula is C31H26ClN3O3S. The van der Waals surface area contributed by atoms with Crippen molar-refractivity contribution in [2.24, 2.45) is 0 Å². The zero-order valence-electron chi connectivity index (χ0n) is 21.1.